The van der Waals surface area contributed by atoms with Crippen LogP contribution < -0.4 is 4.74 Å². The fourth-order valence-corrected chi connectivity index (χ4v) is 3.15. The first-order chi connectivity index (χ1) is 8.96. The molecule has 0 aromatic heterocycles. The van der Waals surface area contributed by atoms with E-state index in [0.717, 1.165) is 30.6 Å². The lowest BCUT2D eigenvalue weighted by molar-refractivity contribution is -0.137. The number of ether oxygens (including phenoxy) is 1. The van der Waals surface area contributed by atoms with Gasteiger partial charge in [-0.2, -0.15) is 0 Å². The third-order valence-corrected chi connectivity index (χ3v) is 4.11. The summed E-state index contributed by atoms with van der Waals surface area (Å²) >= 11 is 0. The summed E-state index contributed by atoms with van der Waals surface area (Å²) in [4.78, 5) is 11.1. The number of carbonyl (C=O) groups is 1. The van der Waals surface area contributed by atoms with Gasteiger partial charge in [0.1, 0.15) is 11.4 Å². The van der Waals surface area contributed by atoms with Crippen LogP contribution in [0.25, 0.3) is 0 Å². The van der Waals surface area contributed by atoms with E-state index < -0.39 is 5.97 Å². The van der Waals surface area contributed by atoms with Crippen molar-refractivity contribution >= 4 is 5.97 Å². The summed E-state index contributed by atoms with van der Waals surface area (Å²) in [6.45, 7) is 4.17. The molecule has 2 aliphatic rings. The van der Waals surface area contributed by atoms with Crippen molar-refractivity contribution in [3.05, 3.63) is 29.3 Å². The third kappa shape index (κ3) is 2.46. The van der Waals surface area contributed by atoms with Gasteiger partial charge in [-0.3, -0.25) is 4.79 Å². The molecular weight excluding hydrogens is 240 g/mol. The van der Waals surface area contributed by atoms with Crippen LogP contribution >= 0.6 is 0 Å². The third-order valence-electron chi connectivity index (χ3n) is 4.11. The minimum absolute atomic E-state index is 0.112. The molecule has 0 spiro atoms. The lowest BCUT2D eigenvalue weighted by atomic mass is 9.88. The van der Waals surface area contributed by atoms with Gasteiger partial charge in [-0.25, -0.2) is 0 Å². The van der Waals surface area contributed by atoms with Crippen molar-refractivity contribution in [2.75, 3.05) is 0 Å². The molecule has 1 N–H and O–H groups in total. The maximum atomic E-state index is 11.1. The Hall–Kier alpha value is -1.51. The predicted octanol–water partition coefficient (Wildman–Crippen LogP) is 3.37. The molecule has 3 nitrogen and oxygen atoms in total. The predicted molar refractivity (Wildman–Crippen MR) is 72.6 cm³/mol. The molecule has 1 saturated carbocycles. The van der Waals surface area contributed by atoms with E-state index in [0.29, 0.717) is 5.92 Å². The van der Waals surface area contributed by atoms with Gasteiger partial charge in [-0.15, -0.1) is 0 Å². The molecule has 1 aliphatic heterocycles. The highest BCUT2D eigenvalue weighted by Gasteiger charge is 2.39. The minimum atomic E-state index is -0.716. The van der Waals surface area contributed by atoms with Gasteiger partial charge < -0.3 is 9.84 Å². The van der Waals surface area contributed by atoms with Crippen LogP contribution in [-0.2, 0) is 11.2 Å². The van der Waals surface area contributed by atoms with E-state index in [4.69, 9.17) is 9.84 Å². The average molecular weight is 260 g/mol. The summed E-state index contributed by atoms with van der Waals surface area (Å²) in [5.41, 5.74) is 2.15. The number of aliphatic carboxylic acids is 1. The molecular formula is C16H20O3. The summed E-state index contributed by atoms with van der Waals surface area (Å²) in [6.07, 6.45) is 3.40. The smallest absolute Gasteiger partial charge is 0.303 e. The first kappa shape index (κ1) is 12.5. The van der Waals surface area contributed by atoms with E-state index >= 15 is 0 Å². The Bertz CT molecular complexity index is 515. The van der Waals surface area contributed by atoms with Crippen molar-refractivity contribution in [3.8, 4) is 5.75 Å². The molecule has 0 bridgehead atoms. The molecule has 1 aromatic rings. The number of fused-ring (bicyclic) bond motifs is 1. The Balaban J connectivity index is 1.97. The quantitative estimate of drug-likeness (QED) is 0.902. The van der Waals surface area contributed by atoms with E-state index in [9.17, 15) is 4.79 Å². The van der Waals surface area contributed by atoms with Gasteiger partial charge in [0.25, 0.3) is 0 Å². The van der Waals surface area contributed by atoms with Crippen LogP contribution in [0.3, 0.4) is 0 Å². The molecule has 3 rings (SSSR count). The first-order valence-electron chi connectivity index (χ1n) is 6.99. The van der Waals surface area contributed by atoms with Crippen LogP contribution in [0.2, 0.25) is 0 Å². The molecule has 1 heterocycles. The maximum Gasteiger partial charge on any atom is 0.303 e. The number of rotatable bonds is 4. The Morgan fingerprint density at radius 1 is 1.47 bits per heavy atom. The topological polar surface area (TPSA) is 46.5 Å². The van der Waals surface area contributed by atoms with Gasteiger partial charge in [-0.05, 0) is 43.7 Å². The summed E-state index contributed by atoms with van der Waals surface area (Å²) in [6, 6.07) is 6.18. The Kier molecular flexibility index (Phi) is 2.80. The van der Waals surface area contributed by atoms with Crippen LogP contribution in [0, 0.1) is 5.92 Å². The number of carboxylic acids is 1. The molecule has 0 radical (unpaired) electrons. The first-order valence-corrected chi connectivity index (χ1v) is 6.99. The van der Waals surface area contributed by atoms with Crippen LogP contribution in [0.15, 0.2) is 18.2 Å². The minimum Gasteiger partial charge on any atom is -0.487 e. The Morgan fingerprint density at radius 3 is 2.84 bits per heavy atom. The van der Waals surface area contributed by atoms with Crippen LogP contribution in [0.1, 0.15) is 50.2 Å². The highest BCUT2D eigenvalue weighted by Crippen LogP contribution is 2.49. The second-order valence-electron chi connectivity index (χ2n) is 6.42. The Labute approximate surface area is 113 Å². The molecule has 0 amide bonds. The van der Waals surface area contributed by atoms with Crippen molar-refractivity contribution in [1.29, 1.82) is 0 Å². The summed E-state index contributed by atoms with van der Waals surface area (Å²) in [7, 11) is 0. The normalized spacial score (nSPS) is 21.6. The molecule has 102 valence electrons. The van der Waals surface area contributed by atoms with Gasteiger partial charge in [0.15, 0.2) is 0 Å². The zero-order valence-corrected chi connectivity index (χ0v) is 11.5. The van der Waals surface area contributed by atoms with E-state index in [2.05, 4.69) is 19.9 Å². The molecule has 1 fully saturated rings. The van der Waals surface area contributed by atoms with Gasteiger partial charge >= 0.3 is 5.97 Å². The lowest BCUT2D eigenvalue weighted by Gasteiger charge is -2.21. The van der Waals surface area contributed by atoms with Gasteiger partial charge in [0.2, 0.25) is 0 Å². The molecule has 1 aliphatic carbocycles. The number of carboxylic acid groups (broad SMARTS) is 1. The summed E-state index contributed by atoms with van der Waals surface area (Å²) < 4.78 is 6.07. The number of benzene rings is 1. The van der Waals surface area contributed by atoms with E-state index in [-0.39, 0.29) is 17.9 Å². The Morgan fingerprint density at radius 2 is 2.21 bits per heavy atom. The molecule has 1 unspecified atom stereocenters. The summed E-state index contributed by atoms with van der Waals surface area (Å²) in [5, 5.41) is 9.13. The maximum absolute atomic E-state index is 11.1. The fourth-order valence-electron chi connectivity index (χ4n) is 3.15. The zero-order valence-electron chi connectivity index (χ0n) is 11.5. The van der Waals surface area contributed by atoms with Crippen LogP contribution in [0.5, 0.6) is 5.75 Å². The van der Waals surface area contributed by atoms with Crippen molar-refractivity contribution < 1.29 is 14.6 Å². The zero-order chi connectivity index (χ0) is 13.6. The van der Waals surface area contributed by atoms with Crippen LogP contribution in [0.4, 0.5) is 0 Å². The monoisotopic (exact) mass is 260 g/mol. The highest BCUT2D eigenvalue weighted by molar-refractivity contribution is 5.68. The number of para-hydroxylation sites is 1. The molecule has 19 heavy (non-hydrogen) atoms. The number of hydrogen-bond donors (Lipinski definition) is 1. The van der Waals surface area contributed by atoms with E-state index in [1.807, 2.05) is 12.1 Å². The lowest BCUT2D eigenvalue weighted by Crippen LogP contribution is -2.25. The molecule has 0 saturated heterocycles. The molecule has 1 aromatic carbocycles. The fraction of sp³-hybridized carbons (Fsp3) is 0.562. The van der Waals surface area contributed by atoms with Gasteiger partial charge in [-0.1, -0.05) is 18.2 Å². The second-order valence-corrected chi connectivity index (χ2v) is 6.42. The van der Waals surface area contributed by atoms with Crippen LogP contribution in [-0.4, -0.2) is 16.7 Å². The van der Waals surface area contributed by atoms with Crippen molar-refractivity contribution in [3.63, 3.8) is 0 Å². The standard InChI is InChI=1S/C16H20O3/c1-16(2)9-11-4-3-5-12(15(11)19-16)13(8-14(17)18)10-6-7-10/h3-5,10,13H,6-9H2,1-2H3,(H,17,18). The summed E-state index contributed by atoms with van der Waals surface area (Å²) in [5.74, 6) is 0.869. The largest absolute Gasteiger partial charge is 0.487 e. The number of hydrogen-bond acceptors (Lipinski definition) is 2. The van der Waals surface area contributed by atoms with Crippen molar-refractivity contribution in [1.82, 2.24) is 0 Å². The van der Waals surface area contributed by atoms with Crippen molar-refractivity contribution in [2.24, 2.45) is 5.92 Å². The highest BCUT2D eigenvalue weighted by atomic mass is 16.5. The van der Waals surface area contributed by atoms with E-state index in [1.54, 1.807) is 0 Å². The average Bonchev–Trinajstić information content (AvgIpc) is 3.07. The molecule has 1 atom stereocenters. The molecule has 3 heteroatoms. The second kappa shape index (κ2) is 4.26. The van der Waals surface area contributed by atoms with Gasteiger partial charge in [0.05, 0.1) is 6.42 Å². The van der Waals surface area contributed by atoms with Gasteiger partial charge in [0, 0.05) is 12.3 Å². The van der Waals surface area contributed by atoms with E-state index in [1.165, 1.54) is 5.56 Å². The van der Waals surface area contributed by atoms with Crippen molar-refractivity contribution in [2.45, 2.75) is 51.0 Å². The SMILES string of the molecule is CC1(C)Cc2cccc(C(CC(=O)O)C3CC3)c2O1.